The first kappa shape index (κ1) is 15.4. The van der Waals surface area contributed by atoms with E-state index in [0.717, 1.165) is 11.3 Å². The second kappa shape index (κ2) is 7.12. The fourth-order valence-electron chi connectivity index (χ4n) is 1.89. The summed E-state index contributed by atoms with van der Waals surface area (Å²) in [5.74, 6) is -0.330. The van der Waals surface area contributed by atoms with Crippen molar-refractivity contribution in [2.75, 3.05) is 0 Å². The summed E-state index contributed by atoms with van der Waals surface area (Å²) < 4.78 is 0. The Kier molecular flexibility index (Phi) is 4.98. The Hall–Kier alpha value is -3.02. The maximum Gasteiger partial charge on any atom is 0.276 e. The highest BCUT2D eigenvalue weighted by Gasteiger charge is 2.09. The maximum atomic E-state index is 11.8. The number of nitro benzene ring substituents is 1. The number of para-hydroxylation sites is 1. The van der Waals surface area contributed by atoms with Crippen molar-refractivity contribution in [1.82, 2.24) is 10.3 Å². The molecule has 0 atom stereocenters. The summed E-state index contributed by atoms with van der Waals surface area (Å²) in [5.41, 5.74) is 2.13. The molecule has 2 aromatic rings. The Balaban J connectivity index is 2.01. The topological polar surface area (TPSA) is 85.1 Å². The van der Waals surface area contributed by atoms with Gasteiger partial charge >= 0.3 is 0 Å². The third-order valence-corrected chi connectivity index (χ3v) is 3.10. The molecule has 0 radical (unpaired) electrons. The monoisotopic (exact) mass is 297 g/mol. The molecule has 0 aliphatic rings. The number of amides is 1. The van der Waals surface area contributed by atoms with E-state index in [1.54, 1.807) is 24.4 Å². The lowest BCUT2D eigenvalue weighted by Gasteiger charge is -2.04. The second-order valence-electron chi connectivity index (χ2n) is 4.63. The number of carbonyl (C=O) groups excluding carboxylic acids is 1. The molecule has 1 amide bonds. The molecule has 0 aliphatic carbocycles. The van der Waals surface area contributed by atoms with Gasteiger partial charge < -0.3 is 5.32 Å². The molecular weight excluding hydrogens is 282 g/mol. The van der Waals surface area contributed by atoms with Crippen LogP contribution in [-0.4, -0.2) is 15.8 Å². The van der Waals surface area contributed by atoms with Gasteiger partial charge in [0.2, 0.25) is 5.91 Å². The quantitative estimate of drug-likeness (QED) is 0.522. The fraction of sp³-hybridized carbons (Fsp3) is 0.125. The molecule has 0 saturated heterocycles. The van der Waals surface area contributed by atoms with E-state index in [1.807, 2.05) is 19.1 Å². The first-order chi connectivity index (χ1) is 10.6. The van der Waals surface area contributed by atoms with Crippen molar-refractivity contribution >= 4 is 17.7 Å². The lowest BCUT2D eigenvalue weighted by atomic mass is 10.1. The van der Waals surface area contributed by atoms with E-state index in [4.69, 9.17) is 0 Å². The maximum absolute atomic E-state index is 11.8. The van der Waals surface area contributed by atoms with Crippen molar-refractivity contribution in [2.24, 2.45) is 0 Å². The normalized spacial score (nSPS) is 10.6. The van der Waals surface area contributed by atoms with Crippen LogP contribution in [0.4, 0.5) is 5.69 Å². The Labute approximate surface area is 127 Å². The highest BCUT2D eigenvalue weighted by atomic mass is 16.6. The van der Waals surface area contributed by atoms with Crippen molar-refractivity contribution in [3.63, 3.8) is 0 Å². The van der Waals surface area contributed by atoms with Crippen LogP contribution in [0.15, 0.2) is 48.7 Å². The Morgan fingerprint density at radius 1 is 1.32 bits per heavy atom. The van der Waals surface area contributed by atoms with Crippen LogP contribution in [0.2, 0.25) is 0 Å². The second-order valence-corrected chi connectivity index (χ2v) is 4.63. The molecule has 1 heterocycles. The van der Waals surface area contributed by atoms with E-state index < -0.39 is 4.92 Å². The average Bonchev–Trinajstić information content (AvgIpc) is 2.52. The summed E-state index contributed by atoms with van der Waals surface area (Å²) in [6, 6.07) is 9.99. The summed E-state index contributed by atoms with van der Waals surface area (Å²) in [4.78, 5) is 26.4. The van der Waals surface area contributed by atoms with Crippen molar-refractivity contribution in [2.45, 2.75) is 13.5 Å². The van der Waals surface area contributed by atoms with E-state index in [-0.39, 0.29) is 11.6 Å². The Bertz CT molecular complexity index is 726. The zero-order valence-corrected chi connectivity index (χ0v) is 12.0. The van der Waals surface area contributed by atoms with E-state index in [0.29, 0.717) is 12.1 Å². The van der Waals surface area contributed by atoms with Crippen LogP contribution in [0.5, 0.6) is 0 Å². The molecule has 6 heteroatoms. The van der Waals surface area contributed by atoms with E-state index in [1.165, 1.54) is 18.2 Å². The number of carbonyl (C=O) groups is 1. The van der Waals surface area contributed by atoms with Gasteiger partial charge in [-0.15, -0.1) is 0 Å². The number of aryl methyl sites for hydroxylation is 1. The average molecular weight is 297 g/mol. The van der Waals surface area contributed by atoms with Gasteiger partial charge in [0.25, 0.3) is 5.69 Å². The highest BCUT2D eigenvalue weighted by molar-refractivity contribution is 5.92. The number of nitrogens with zero attached hydrogens (tertiary/aromatic N) is 2. The third kappa shape index (κ3) is 3.99. The van der Waals surface area contributed by atoms with Gasteiger partial charge in [-0.3, -0.25) is 19.9 Å². The summed E-state index contributed by atoms with van der Waals surface area (Å²) in [5, 5.41) is 13.6. The van der Waals surface area contributed by atoms with Crippen LogP contribution in [0, 0.1) is 17.0 Å². The van der Waals surface area contributed by atoms with E-state index in [2.05, 4.69) is 10.3 Å². The molecule has 0 saturated carbocycles. The molecule has 0 fully saturated rings. The molecule has 1 N–H and O–H groups in total. The summed E-state index contributed by atoms with van der Waals surface area (Å²) >= 11 is 0. The van der Waals surface area contributed by atoms with Crippen molar-refractivity contribution in [3.05, 3.63) is 75.6 Å². The number of hydrogen-bond acceptors (Lipinski definition) is 4. The van der Waals surface area contributed by atoms with Crippen LogP contribution >= 0.6 is 0 Å². The lowest BCUT2D eigenvalue weighted by Crippen LogP contribution is -2.21. The van der Waals surface area contributed by atoms with E-state index >= 15 is 0 Å². The molecule has 22 heavy (non-hydrogen) atoms. The summed E-state index contributed by atoms with van der Waals surface area (Å²) in [6.45, 7) is 2.23. The largest absolute Gasteiger partial charge is 0.347 e. The Morgan fingerprint density at radius 3 is 2.82 bits per heavy atom. The molecule has 1 aromatic heterocycles. The predicted molar refractivity (Wildman–Crippen MR) is 83.0 cm³/mol. The Morgan fingerprint density at radius 2 is 2.09 bits per heavy atom. The molecule has 1 aromatic carbocycles. The first-order valence-corrected chi connectivity index (χ1v) is 6.68. The van der Waals surface area contributed by atoms with Crippen LogP contribution < -0.4 is 5.32 Å². The minimum absolute atomic E-state index is 0.0351. The molecule has 0 unspecified atom stereocenters. The van der Waals surface area contributed by atoms with Gasteiger partial charge in [-0.05, 0) is 30.7 Å². The zero-order valence-electron chi connectivity index (χ0n) is 12.0. The van der Waals surface area contributed by atoms with Gasteiger partial charge in [-0.25, -0.2) is 0 Å². The molecule has 2 rings (SSSR count). The number of aromatic nitrogens is 1. The highest BCUT2D eigenvalue weighted by Crippen LogP contribution is 2.18. The third-order valence-electron chi connectivity index (χ3n) is 3.10. The molecular formula is C16H15N3O3. The number of rotatable bonds is 5. The van der Waals surface area contributed by atoms with Crippen LogP contribution in [0.3, 0.4) is 0 Å². The van der Waals surface area contributed by atoms with Gasteiger partial charge in [0.1, 0.15) is 0 Å². The molecule has 0 aliphatic heterocycles. The fourth-order valence-corrected chi connectivity index (χ4v) is 1.89. The number of pyridine rings is 1. The number of nitro groups is 1. The standard InChI is InChI=1S/C16H15N3O3/c1-12-5-4-10-17-14(12)11-18-16(20)9-8-13-6-2-3-7-15(13)19(21)22/h2-10H,11H2,1H3,(H,18,20). The zero-order chi connectivity index (χ0) is 15.9. The van der Waals surface area contributed by atoms with Gasteiger partial charge in [-0.1, -0.05) is 18.2 Å². The SMILES string of the molecule is Cc1cccnc1CNC(=O)C=Cc1ccccc1[N+](=O)[O-]. The minimum atomic E-state index is -0.477. The van der Waals surface area contributed by atoms with Gasteiger partial charge in [0.05, 0.1) is 22.7 Å². The summed E-state index contributed by atoms with van der Waals surface area (Å²) in [7, 11) is 0. The summed E-state index contributed by atoms with van der Waals surface area (Å²) in [6.07, 6.45) is 4.37. The van der Waals surface area contributed by atoms with Crippen LogP contribution in [0.1, 0.15) is 16.8 Å². The smallest absolute Gasteiger partial charge is 0.276 e. The molecule has 0 spiro atoms. The van der Waals surface area contributed by atoms with Crippen molar-refractivity contribution < 1.29 is 9.72 Å². The minimum Gasteiger partial charge on any atom is -0.347 e. The van der Waals surface area contributed by atoms with Gasteiger partial charge in [0, 0.05) is 18.3 Å². The number of nitrogens with one attached hydrogen (secondary N) is 1. The van der Waals surface area contributed by atoms with Crippen molar-refractivity contribution in [1.29, 1.82) is 0 Å². The molecule has 0 bridgehead atoms. The van der Waals surface area contributed by atoms with Gasteiger partial charge in [0.15, 0.2) is 0 Å². The lowest BCUT2D eigenvalue weighted by molar-refractivity contribution is -0.385. The molecule has 6 nitrogen and oxygen atoms in total. The van der Waals surface area contributed by atoms with E-state index in [9.17, 15) is 14.9 Å². The number of hydrogen-bond donors (Lipinski definition) is 1. The first-order valence-electron chi connectivity index (χ1n) is 6.68. The predicted octanol–water partition coefficient (Wildman–Crippen LogP) is 2.63. The molecule has 112 valence electrons. The number of benzene rings is 1. The van der Waals surface area contributed by atoms with Crippen molar-refractivity contribution in [3.8, 4) is 0 Å². The van der Waals surface area contributed by atoms with Gasteiger partial charge in [-0.2, -0.15) is 0 Å². The van der Waals surface area contributed by atoms with Crippen LogP contribution in [0.25, 0.3) is 6.08 Å². The van der Waals surface area contributed by atoms with Crippen LogP contribution in [-0.2, 0) is 11.3 Å².